The van der Waals surface area contributed by atoms with Gasteiger partial charge in [0.25, 0.3) is 5.91 Å². The number of rotatable bonds is 4. The van der Waals surface area contributed by atoms with Gasteiger partial charge in [0.2, 0.25) is 0 Å². The Morgan fingerprint density at radius 3 is 2.58 bits per heavy atom. The van der Waals surface area contributed by atoms with Gasteiger partial charge in [-0.3, -0.25) is 14.7 Å². The second-order valence-electron chi connectivity index (χ2n) is 7.28. The summed E-state index contributed by atoms with van der Waals surface area (Å²) in [5.74, 6) is 0.855. The van der Waals surface area contributed by atoms with E-state index in [1.165, 1.54) is 6.42 Å². The standard InChI is InChI=1S/C19H29N3O2/c1-15-13-21(14-16(2)24-15)9-5-17-6-10-22(11-7-17)19(23)18-4-3-8-20-12-18/h3-4,8,12,15-17H,5-7,9-11,13-14H2,1-2H3/t15-,16-/m0/s1. The number of likely N-dealkylation sites (tertiary alicyclic amines) is 1. The van der Waals surface area contributed by atoms with Crippen molar-refractivity contribution in [2.24, 2.45) is 5.92 Å². The van der Waals surface area contributed by atoms with Crippen molar-refractivity contribution in [1.82, 2.24) is 14.8 Å². The average molecular weight is 331 g/mol. The summed E-state index contributed by atoms with van der Waals surface area (Å²) in [4.78, 5) is 21.0. The monoisotopic (exact) mass is 331 g/mol. The third kappa shape index (κ3) is 4.54. The number of pyridine rings is 1. The summed E-state index contributed by atoms with van der Waals surface area (Å²) < 4.78 is 5.80. The van der Waals surface area contributed by atoms with Crippen LogP contribution in [0.15, 0.2) is 24.5 Å². The minimum atomic E-state index is 0.123. The molecule has 1 aromatic heterocycles. The molecule has 0 spiro atoms. The molecule has 0 bridgehead atoms. The van der Waals surface area contributed by atoms with E-state index in [0.717, 1.165) is 51.5 Å². The summed E-state index contributed by atoms with van der Waals surface area (Å²) in [6, 6.07) is 3.67. The maximum absolute atomic E-state index is 12.4. The van der Waals surface area contributed by atoms with Crippen LogP contribution < -0.4 is 0 Å². The summed E-state index contributed by atoms with van der Waals surface area (Å²) in [7, 11) is 0. The van der Waals surface area contributed by atoms with Crippen LogP contribution in [0, 0.1) is 5.92 Å². The second-order valence-corrected chi connectivity index (χ2v) is 7.28. The lowest BCUT2D eigenvalue weighted by Gasteiger charge is -2.37. The fourth-order valence-corrected chi connectivity index (χ4v) is 3.93. The number of amides is 1. The molecule has 2 aliphatic rings. The van der Waals surface area contributed by atoms with Crippen LogP contribution in [0.2, 0.25) is 0 Å². The zero-order valence-electron chi connectivity index (χ0n) is 14.9. The van der Waals surface area contributed by atoms with Crippen LogP contribution in [0.1, 0.15) is 43.5 Å². The van der Waals surface area contributed by atoms with Crippen LogP contribution in [-0.4, -0.2) is 65.6 Å². The van der Waals surface area contributed by atoms with Gasteiger partial charge in [-0.2, -0.15) is 0 Å². The van der Waals surface area contributed by atoms with E-state index in [2.05, 4.69) is 23.7 Å². The van der Waals surface area contributed by atoms with Crippen molar-refractivity contribution in [2.75, 3.05) is 32.7 Å². The lowest BCUT2D eigenvalue weighted by Crippen LogP contribution is -2.46. The van der Waals surface area contributed by atoms with Crippen molar-refractivity contribution < 1.29 is 9.53 Å². The van der Waals surface area contributed by atoms with Gasteiger partial charge in [-0.15, -0.1) is 0 Å². The summed E-state index contributed by atoms with van der Waals surface area (Å²) in [5, 5.41) is 0. The fourth-order valence-electron chi connectivity index (χ4n) is 3.93. The molecule has 1 aromatic rings. The SMILES string of the molecule is C[C@H]1CN(CCC2CCN(C(=O)c3cccnc3)CC2)C[C@H](C)O1. The molecule has 2 atom stereocenters. The van der Waals surface area contributed by atoms with Gasteiger partial charge < -0.3 is 9.64 Å². The second kappa shape index (κ2) is 8.08. The molecule has 0 unspecified atom stereocenters. The first-order valence-corrected chi connectivity index (χ1v) is 9.19. The topological polar surface area (TPSA) is 45.7 Å². The van der Waals surface area contributed by atoms with Crippen LogP contribution in [0.25, 0.3) is 0 Å². The first-order valence-electron chi connectivity index (χ1n) is 9.19. The highest BCUT2D eigenvalue weighted by Crippen LogP contribution is 2.23. The summed E-state index contributed by atoms with van der Waals surface area (Å²) >= 11 is 0. The van der Waals surface area contributed by atoms with Crippen molar-refractivity contribution in [1.29, 1.82) is 0 Å². The van der Waals surface area contributed by atoms with Gasteiger partial charge in [0.1, 0.15) is 0 Å². The molecule has 0 saturated carbocycles. The lowest BCUT2D eigenvalue weighted by molar-refractivity contribution is -0.0693. The molecule has 5 heteroatoms. The first-order chi connectivity index (χ1) is 11.6. The molecule has 2 aliphatic heterocycles. The van der Waals surface area contributed by atoms with Crippen LogP contribution in [0.3, 0.4) is 0 Å². The van der Waals surface area contributed by atoms with E-state index >= 15 is 0 Å². The van der Waals surface area contributed by atoms with Gasteiger partial charge in [-0.05, 0) is 57.7 Å². The van der Waals surface area contributed by atoms with E-state index in [0.29, 0.717) is 17.8 Å². The molecule has 2 saturated heterocycles. The zero-order chi connectivity index (χ0) is 16.9. The molecular weight excluding hydrogens is 302 g/mol. The maximum Gasteiger partial charge on any atom is 0.255 e. The summed E-state index contributed by atoms with van der Waals surface area (Å²) in [5.41, 5.74) is 0.701. The number of piperidine rings is 1. The molecule has 3 rings (SSSR count). The average Bonchev–Trinajstić information content (AvgIpc) is 2.60. The highest BCUT2D eigenvalue weighted by molar-refractivity contribution is 5.93. The Labute approximate surface area is 145 Å². The van der Waals surface area contributed by atoms with Crippen LogP contribution in [0.4, 0.5) is 0 Å². The Morgan fingerprint density at radius 1 is 1.25 bits per heavy atom. The van der Waals surface area contributed by atoms with Crippen molar-refractivity contribution in [3.8, 4) is 0 Å². The number of carbonyl (C=O) groups is 1. The van der Waals surface area contributed by atoms with Crippen molar-refractivity contribution >= 4 is 5.91 Å². The van der Waals surface area contributed by atoms with E-state index < -0.39 is 0 Å². The molecule has 2 fully saturated rings. The van der Waals surface area contributed by atoms with Gasteiger partial charge in [0.05, 0.1) is 17.8 Å². The predicted octanol–water partition coefficient (Wildman–Crippen LogP) is 2.43. The molecule has 0 N–H and O–H groups in total. The van der Waals surface area contributed by atoms with Crippen LogP contribution in [-0.2, 0) is 4.74 Å². The van der Waals surface area contributed by atoms with Crippen LogP contribution in [0.5, 0.6) is 0 Å². The molecule has 132 valence electrons. The molecule has 1 amide bonds. The first kappa shape index (κ1) is 17.4. The largest absolute Gasteiger partial charge is 0.373 e. The van der Waals surface area contributed by atoms with Crippen molar-refractivity contribution in [3.05, 3.63) is 30.1 Å². The minimum Gasteiger partial charge on any atom is -0.373 e. The van der Waals surface area contributed by atoms with E-state index in [4.69, 9.17) is 4.74 Å². The number of aromatic nitrogens is 1. The summed E-state index contributed by atoms with van der Waals surface area (Å²) in [6.45, 7) is 9.30. The van der Waals surface area contributed by atoms with Crippen LogP contribution >= 0.6 is 0 Å². The number of carbonyl (C=O) groups excluding carboxylic acids is 1. The molecule has 0 aromatic carbocycles. The summed E-state index contributed by atoms with van der Waals surface area (Å²) in [6.07, 6.45) is 7.50. The van der Waals surface area contributed by atoms with Crippen molar-refractivity contribution in [3.63, 3.8) is 0 Å². The quantitative estimate of drug-likeness (QED) is 0.850. The Balaban J connectivity index is 1.41. The van der Waals surface area contributed by atoms with E-state index in [9.17, 15) is 4.79 Å². The lowest BCUT2D eigenvalue weighted by atomic mass is 9.93. The number of hydrogen-bond donors (Lipinski definition) is 0. The third-order valence-corrected chi connectivity index (χ3v) is 5.16. The maximum atomic E-state index is 12.4. The van der Waals surface area contributed by atoms with Gasteiger partial charge in [-0.1, -0.05) is 0 Å². The predicted molar refractivity (Wildman–Crippen MR) is 93.9 cm³/mol. The molecule has 24 heavy (non-hydrogen) atoms. The van der Waals surface area contributed by atoms with E-state index in [1.807, 2.05) is 17.0 Å². The smallest absolute Gasteiger partial charge is 0.255 e. The molecule has 0 aliphatic carbocycles. The Morgan fingerprint density at radius 2 is 1.96 bits per heavy atom. The number of ether oxygens (including phenoxy) is 1. The molecular formula is C19H29N3O2. The number of hydrogen-bond acceptors (Lipinski definition) is 4. The highest BCUT2D eigenvalue weighted by Gasteiger charge is 2.26. The van der Waals surface area contributed by atoms with Gasteiger partial charge >= 0.3 is 0 Å². The molecule has 0 radical (unpaired) electrons. The van der Waals surface area contributed by atoms with E-state index in [-0.39, 0.29) is 5.91 Å². The Bertz CT molecular complexity index is 519. The van der Waals surface area contributed by atoms with Gasteiger partial charge in [-0.25, -0.2) is 0 Å². The third-order valence-electron chi connectivity index (χ3n) is 5.16. The molecule has 5 nitrogen and oxygen atoms in total. The highest BCUT2D eigenvalue weighted by atomic mass is 16.5. The zero-order valence-corrected chi connectivity index (χ0v) is 14.9. The normalized spacial score (nSPS) is 26.5. The molecule has 3 heterocycles. The Hall–Kier alpha value is -1.46. The van der Waals surface area contributed by atoms with Gasteiger partial charge in [0.15, 0.2) is 0 Å². The Kier molecular flexibility index (Phi) is 5.85. The minimum absolute atomic E-state index is 0.123. The van der Waals surface area contributed by atoms with Crippen molar-refractivity contribution in [2.45, 2.75) is 45.3 Å². The fraction of sp³-hybridized carbons (Fsp3) is 0.684. The number of morpholine rings is 1. The van der Waals surface area contributed by atoms with E-state index in [1.54, 1.807) is 12.4 Å². The van der Waals surface area contributed by atoms with Gasteiger partial charge in [0, 0.05) is 38.6 Å². The number of nitrogens with zero attached hydrogens (tertiary/aromatic N) is 3.